The lowest BCUT2D eigenvalue weighted by Gasteiger charge is -2.07. The fraction of sp³-hybridized carbons (Fsp3) is 0.300. The second-order valence-corrected chi connectivity index (χ2v) is 3.36. The van der Waals surface area contributed by atoms with E-state index in [0.29, 0.717) is 6.61 Å². The summed E-state index contributed by atoms with van der Waals surface area (Å²) in [6, 6.07) is 8.04. The maximum atomic E-state index is 5.44. The van der Waals surface area contributed by atoms with Crippen LogP contribution in [0.5, 0.6) is 5.75 Å². The fourth-order valence-electron chi connectivity index (χ4n) is 0.954. The fourth-order valence-corrected chi connectivity index (χ4v) is 1.62. The average Bonchev–Trinajstić information content (AvgIpc) is 2.09. The lowest BCUT2D eigenvalue weighted by molar-refractivity contribution is 0.332. The van der Waals surface area contributed by atoms with Crippen LogP contribution in [0.15, 0.2) is 29.2 Å². The zero-order valence-electron chi connectivity index (χ0n) is 7.25. The standard InChI is InChI=1S/C10H13OS/c1-3-11-9-7-5-6-8-10(9)12-4-2/h5-8H,2-4H2,1H3. The minimum absolute atomic E-state index is 0.717. The van der Waals surface area contributed by atoms with Crippen LogP contribution < -0.4 is 4.74 Å². The normalized spacial score (nSPS) is 9.83. The van der Waals surface area contributed by atoms with Gasteiger partial charge in [-0.05, 0) is 31.7 Å². The van der Waals surface area contributed by atoms with Crippen LogP contribution in [0.1, 0.15) is 6.92 Å². The van der Waals surface area contributed by atoms with Crippen LogP contribution in [0, 0.1) is 6.92 Å². The van der Waals surface area contributed by atoms with Crippen molar-refractivity contribution >= 4 is 11.8 Å². The van der Waals surface area contributed by atoms with Crippen LogP contribution in [0.25, 0.3) is 0 Å². The van der Waals surface area contributed by atoms with E-state index >= 15 is 0 Å². The molecule has 2 heteroatoms. The van der Waals surface area contributed by atoms with E-state index in [2.05, 4.69) is 13.0 Å². The predicted octanol–water partition coefficient (Wildman–Crippen LogP) is 3.01. The molecule has 1 aromatic rings. The molecular formula is C10H13OS. The van der Waals surface area contributed by atoms with E-state index in [0.717, 1.165) is 11.5 Å². The Morgan fingerprint density at radius 3 is 2.83 bits per heavy atom. The Morgan fingerprint density at radius 2 is 2.17 bits per heavy atom. The van der Waals surface area contributed by atoms with Crippen molar-refractivity contribution in [1.82, 2.24) is 0 Å². The largest absolute Gasteiger partial charge is 0.493 e. The van der Waals surface area contributed by atoms with Crippen LogP contribution in [-0.2, 0) is 0 Å². The van der Waals surface area contributed by atoms with Crippen LogP contribution >= 0.6 is 11.8 Å². The van der Waals surface area contributed by atoms with Gasteiger partial charge in [0.05, 0.1) is 6.61 Å². The van der Waals surface area contributed by atoms with Gasteiger partial charge in [0.25, 0.3) is 0 Å². The van der Waals surface area contributed by atoms with Gasteiger partial charge in [-0.2, -0.15) is 0 Å². The van der Waals surface area contributed by atoms with E-state index in [1.165, 1.54) is 4.90 Å². The highest BCUT2D eigenvalue weighted by Crippen LogP contribution is 2.28. The number of thioether (sulfide) groups is 1. The molecule has 0 saturated heterocycles. The molecule has 0 saturated carbocycles. The van der Waals surface area contributed by atoms with Crippen LogP contribution in [0.3, 0.4) is 0 Å². The van der Waals surface area contributed by atoms with Crippen LogP contribution in [0.4, 0.5) is 0 Å². The highest BCUT2D eigenvalue weighted by molar-refractivity contribution is 7.99. The summed E-state index contributed by atoms with van der Waals surface area (Å²) in [6.45, 7) is 6.50. The van der Waals surface area contributed by atoms with Gasteiger partial charge in [0.2, 0.25) is 0 Å². The molecule has 0 spiro atoms. The quantitative estimate of drug-likeness (QED) is 0.660. The molecule has 0 N–H and O–H groups in total. The molecule has 0 heterocycles. The van der Waals surface area contributed by atoms with Crippen molar-refractivity contribution in [3.05, 3.63) is 31.2 Å². The molecule has 0 aliphatic carbocycles. The summed E-state index contributed by atoms with van der Waals surface area (Å²) >= 11 is 1.71. The first-order valence-corrected chi connectivity index (χ1v) is 5.01. The summed E-state index contributed by atoms with van der Waals surface area (Å²) in [7, 11) is 0. The Morgan fingerprint density at radius 1 is 1.42 bits per heavy atom. The Hall–Kier alpha value is -0.630. The van der Waals surface area contributed by atoms with E-state index < -0.39 is 0 Å². The van der Waals surface area contributed by atoms with Gasteiger partial charge in [-0.15, -0.1) is 11.8 Å². The van der Waals surface area contributed by atoms with E-state index in [4.69, 9.17) is 4.74 Å². The molecule has 1 aromatic carbocycles. The Labute approximate surface area is 78.1 Å². The maximum Gasteiger partial charge on any atom is 0.132 e. The Kier molecular flexibility index (Phi) is 4.01. The maximum absolute atomic E-state index is 5.44. The topological polar surface area (TPSA) is 9.23 Å². The smallest absolute Gasteiger partial charge is 0.132 e. The minimum Gasteiger partial charge on any atom is -0.493 e. The van der Waals surface area contributed by atoms with Crippen molar-refractivity contribution < 1.29 is 4.74 Å². The van der Waals surface area contributed by atoms with Gasteiger partial charge in [-0.25, -0.2) is 0 Å². The van der Waals surface area contributed by atoms with Gasteiger partial charge in [-0.3, -0.25) is 0 Å². The number of hydrogen-bond acceptors (Lipinski definition) is 2. The van der Waals surface area contributed by atoms with Gasteiger partial charge in [0.15, 0.2) is 0 Å². The SMILES string of the molecule is [CH2]CSc1ccccc1OCC. The second kappa shape index (κ2) is 5.09. The third-order valence-corrected chi connectivity index (χ3v) is 2.26. The van der Waals surface area contributed by atoms with Gasteiger partial charge in [-0.1, -0.05) is 12.1 Å². The van der Waals surface area contributed by atoms with Crippen LogP contribution in [-0.4, -0.2) is 12.4 Å². The average molecular weight is 181 g/mol. The third-order valence-electron chi connectivity index (χ3n) is 1.41. The van der Waals surface area contributed by atoms with Crippen molar-refractivity contribution in [3.63, 3.8) is 0 Å². The molecule has 1 rings (SSSR count). The number of benzene rings is 1. The lowest BCUT2D eigenvalue weighted by Crippen LogP contribution is -1.92. The van der Waals surface area contributed by atoms with Crippen molar-refractivity contribution in [2.75, 3.05) is 12.4 Å². The lowest BCUT2D eigenvalue weighted by atomic mass is 10.3. The summed E-state index contributed by atoms with van der Waals surface area (Å²) in [5, 5.41) is 0. The molecule has 12 heavy (non-hydrogen) atoms. The summed E-state index contributed by atoms with van der Waals surface area (Å²) < 4.78 is 5.44. The third kappa shape index (κ3) is 2.45. The zero-order valence-corrected chi connectivity index (χ0v) is 8.06. The van der Waals surface area contributed by atoms with Gasteiger partial charge in [0.1, 0.15) is 5.75 Å². The molecular weight excluding hydrogens is 168 g/mol. The molecule has 1 radical (unpaired) electrons. The van der Waals surface area contributed by atoms with Crippen LogP contribution in [0.2, 0.25) is 0 Å². The number of ether oxygens (including phenoxy) is 1. The first kappa shape index (κ1) is 9.46. The first-order chi connectivity index (χ1) is 5.88. The number of para-hydroxylation sites is 1. The zero-order chi connectivity index (χ0) is 8.81. The number of hydrogen-bond donors (Lipinski definition) is 0. The summed E-state index contributed by atoms with van der Waals surface area (Å²) in [4.78, 5) is 1.18. The Bertz CT molecular complexity index is 210. The van der Waals surface area contributed by atoms with Crippen molar-refractivity contribution in [1.29, 1.82) is 0 Å². The molecule has 1 nitrogen and oxygen atoms in total. The second-order valence-electron chi connectivity index (χ2n) is 2.23. The molecule has 0 bridgehead atoms. The predicted molar refractivity (Wildman–Crippen MR) is 53.7 cm³/mol. The molecule has 0 unspecified atom stereocenters. The summed E-state index contributed by atoms with van der Waals surface area (Å²) in [5.41, 5.74) is 0. The van der Waals surface area contributed by atoms with Crippen molar-refractivity contribution in [2.45, 2.75) is 11.8 Å². The highest BCUT2D eigenvalue weighted by Gasteiger charge is 1.99. The molecule has 0 fully saturated rings. The van der Waals surface area contributed by atoms with Gasteiger partial charge in [0, 0.05) is 4.90 Å². The van der Waals surface area contributed by atoms with Crippen molar-refractivity contribution in [2.24, 2.45) is 0 Å². The summed E-state index contributed by atoms with van der Waals surface area (Å²) in [6.07, 6.45) is 0. The molecule has 0 aromatic heterocycles. The van der Waals surface area contributed by atoms with E-state index in [1.54, 1.807) is 11.8 Å². The highest BCUT2D eigenvalue weighted by atomic mass is 32.2. The summed E-state index contributed by atoms with van der Waals surface area (Å²) in [5.74, 6) is 1.80. The molecule has 0 aliphatic rings. The first-order valence-electron chi connectivity index (χ1n) is 4.02. The van der Waals surface area contributed by atoms with Crippen molar-refractivity contribution in [3.8, 4) is 5.75 Å². The van der Waals surface area contributed by atoms with E-state index in [1.807, 2.05) is 25.1 Å². The molecule has 65 valence electrons. The number of rotatable bonds is 4. The molecule has 0 atom stereocenters. The molecule has 0 amide bonds. The van der Waals surface area contributed by atoms with E-state index in [9.17, 15) is 0 Å². The monoisotopic (exact) mass is 181 g/mol. The minimum atomic E-state index is 0.717. The molecule has 0 aliphatic heterocycles. The Balaban J connectivity index is 2.77. The van der Waals surface area contributed by atoms with Gasteiger partial charge < -0.3 is 4.74 Å². The van der Waals surface area contributed by atoms with E-state index in [-0.39, 0.29) is 0 Å². The van der Waals surface area contributed by atoms with Gasteiger partial charge >= 0.3 is 0 Å².